The molecule has 5 rings (SSSR count). The van der Waals surface area contributed by atoms with Gasteiger partial charge in [0.2, 0.25) is 11.8 Å². The first kappa shape index (κ1) is 27.4. The molecule has 2 amide bonds. The van der Waals surface area contributed by atoms with E-state index in [0.29, 0.717) is 19.3 Å². The second-order valence-electron chi connectivity index (χ2n) is 10.3. The first-order valence-electron chi connectivity index (χ1n) is 13.5. The molecule has 4 heterocycles. The van der Waals surface area contributed by atoms with Gasteiger partial charge in [0.1, 0.15) is 18.2 Å². The van der Waals surface area contributed by atoms with Gasteiger partial charge in [-0.2, -0.15) is 0 Å². The van der Waals surface area contributed by atoms with E-state index in [4.69, 9.17) is 4.74 Å². The Morgan fingerprint density at radius 2 is 2.08 bits per heavy atom. The van der Waals surface area contributed by atoms with Crippen molar-refractivity contribution >= 4 is 40.6 Å². The molecule has 2 unspecified atom stereocenters. The number of allylic oxidation sites excluding steroid dienone is 1. The van der Waals surface area contributed by atoms with Crippen molar-refractivity contribution in [3.63, 3.8) is 0 Å². The Balaban J connectivity index is 1.45. The third-order valence-electron chi connectivity index (χ3n) is 8.05. The number of aliphatic hydroxyl groups excluding tert-OH is 1. The number of unbranched alkanes of at least 4 members (excludes halogenated alkanes) is 1. The molecule has 208 valence electrons. The average molecular weight is 554 g/mol. The number of esters is 1. The van der Waals surface area contributed by atoms with Crippen molar-refractivity contribution in [1.82, 2.24) is 24.8 Å². The van der Waals surface area contributed by atoms with Gasteiger partial charge in [0.05, 0.1) is 28.7 Å². The predicted molar refractivity (Wildman–Crippen MR) is 147 cm³/mol. The molecular formula is C28H35N5O5S. The lowest BCUT2D eigenvalue weighted by Crippen LogP contribution is -2.55. The highest BCUT2D eigenvalue weighted by Crippen LogP contribution is 2.66. The van der Waals surface area contributed by atoms with Crippen LogP contribution in [0, 0.1) is 11.8 Å². The zero-order valence-electron chi connectivity index (χ0n) is 22.0. The number of para-hydroxylation sites is 1. The van der Waals surface area contributed by atoms with E-state index in [2.05, 4.69) is 23.5 Å². The van der Waals surface area contributed by atoms with Crippen molar-refractivity contribution in [2.75, 3.05) is 26.3 Å². The van der Waals surface area contributed by atoms with E-state index in [9.17, 15) is 19.5 Å². The van der Waals surface area contributed by atoms with E-state index in [1.807, 2.05) is 24.3 Å². The fourth-order valence-electron chi connectivity index (χ4n) is 6.41. The van der Waals surface area contributed by atoms with Gasteiger partial charge in [-0.15, -0.1) is 30.0 Å². The van der Waals surface area contributed by atoms with Gasteiger partial charge in [-0.05, 0) is 44.2 Å². The van der Waals surface area contributed by atoms with Crippen molar-refractivity contribution in [3.8, 4) is 0 Å². The first-order chi connectivity index (χ1) is 19.0. The third kappa shape index (κ3) is 4.75. The Bertz CT molecular complexity index is 1270. The number of thioether (sulfide) groups is 1. The Labute approximate surface area is 232 Å². The van der Waals surface area contributed by atoms with Crippen molar-refractivity contribution in [2.45, 2.75) is 54.8 Å². The molecule has 1 N–H and O–H groups in total. The maximum Gasteiger partial charge on any atom is 0.310 e. The van der Waals surface area contributed by atoms with Crippen molar-refractivity contribution in [3.05, 3.63) is 49.6 Å². The maximum absolute atomic E-state index is 14.4. The lowest BCUT2D eigenvalue weighted by atomic mass is 9.71. The SMILES string of the molecule is C=CCCCOC(=O)[C@@H]1[C@H]2C(=O)N(CCCO)C(C(=O)N(CC=C)Cn3nnc4ccccc43)C23CC[C@H]1S3. The lowest BCUT2D eigenvalue weighted by molar-refractivity contribution is -0.154. The van der Waals surface area contributed by atoms with Gasteiger partial charge in [0, 0.05) is 24.9 Å². The fourth-order valence-corrected chi connectivity index (χ4v) is 8.61. The van der Waals surface area contributed by atoms with E-state index in [1.54, 1.807) is 38.4 Å². The van der Waals surface area contributed by atoms with Crippen LogP contribution in [0.25, 0.3) is 11.0 Å². The van der Waals surface area contributed by atoms with E-state index >= 15 is 0 Å². The summed E-state index contributed by atoms with van der Waals surface area (Å²) >= 11 is 1.60. The summed E-state index contributed by atoms with van der Waals surface area (Å²) in [6, 6.07) is 6.77. The monoisotopic (exact) mass is 553 g/mol. The van der Waals surface area contributed by atoms with Crippen LogP contribution in [0.2, 0.25) is 0 Å². The molecule has 3 fully saturated rings. The van der Waals surface area contributed by atoms with E-state index in [0.717, 1.165) is 23.9 Å². The molecule has 39 heavy (non-hydrogen) atoms. The molecule has 0 aliphatic carbocycles. The number of ether oxygens (including phenoxy) is 1. The number of carbonyl (C=O) groups is 3. The van der Waals surface area contributed by atoms with Crippen LogP contribution in [0.1, 0.15) is 32.1 Å². The molecule has 3 aliphatic heterocycles. The number of aromatic nitrogens is 3. The largest absolute Gasteiger partial charge is 0.465 e. The standard InChI is InChI=1S/C28H35N5O5S/c1-3-5-8-17-38-27(37)22-21-12-13-28(39-21)23(22)25(35)32(15-9-16-34)24(28)26(36)31(14-4-2)18-33-20-11-7-6-10-19(20)29-30-33/h3-4,6-7,10-11,21-24,34H,1-2,5,8-9,12-18H2/t21-,22+,23+,24?,28?/m1/s1. The molecule has 1 aromatic carbocycles. The molecule has 5 atom stereocenters. The quantitative estimate of drug-likeness (QED) is 0.228. The Kier molecular flexibility index (Phi) is 8.08. The number of fused-ring (bicyclic) bond motifs is 2. The van der Waals surface area contributed by atoms with Crippen LogP contribution in [-0.2, 0) is 25.8 Å². The lowest BCUT2D eigenvalue weighted by Gasteiger charge is -2.37. The summed E-state index contributed by atoms with van der Waals surface area (Å²) < 4.78 is 6.56. The van der Waals surface area contributed by atoms with Crippen molar-refractivity contribution in [2.24, 2.45) is 11.8 Å². The summed E-state index contributed by atoms with van der Waals surface area (Å²) in [5.41, 5.74) is 1.52. The van der Waals surface area contributed by atoms with Gasteiger partial charge < -0.3 is 19.6 Å². The summed E-state index contributed by atoms with van der Waals surface area (Å²) in [5.74, 6) is -1.98. The third-order valence-corrected chi connectivity index (χ3v) is 10.00. The highest BCUT2D eigenvalue weighted by molar-refractivity contribution is 8.02. The van der Waals surface area contributed by atoms with Crippen molar-refractivity contribution in [1.29, 1.82) is 0 Å². The van der Waals surface area contributed by atoms with Crippen LogP contribution in [0.5, 0.6) is 0 Å². The van der Waals surface area contributed by atoms with E-state index in [1.165, 1.54) is 0 Å². The number of hydrogen-bond acceptors (Lipinski definition) is 8. The zero-order valence-corrected chi connectivity index (χ0v) is 22.8. The molecule has 1 aromatic heterocycles. The minimum atomic E-state index is -0.759. The van der Waals surface area contributed by atoms with Crippen LogP contribution in [0.4, 0.5) is 0 Å². The summed E-state index contributed by atoms with van der Waals surface area (Å²) in [7, 11) is 0. The van der Waals surface area contributed by atoms with Crippen molar-refractivity contribution < 1.29 is 24.2 Å². The molecule has 2 aromatic rings. The Morgan fingerprint density at radius 1 is 1.26 bits per heavy atom. The maximum atomic E-state index is 14.4. The number of benzene rings is 1. The smallest absolute Gasteiger partial charge is 0.310 e. The summed E-state index contributed by atoms with van der Waals surface area (Å²) in [5, 5.41) is 18.0. The van der Waals surface area contributed by atoms with Gasteiger partial charge in [0.25, 0.3) is 0 Å². The Hall–Kier alpha value is -3.18. The second-order valence-corrected chi connectivity index (χ2v) is 11.9. The first-order valence-corrected chi connectivity index (χ1v) is 14.4. The van der Waals surface area contributed by atoms with Crippen LogP contribution in [0.3, 0.4) is 0 Å². The van der Waals surface area contributed by atoms with E-state index < -0.39 is 22.6 Å². The average Bonchev–Trinajstić information content (AvgIpc) is 3.69. The fraction of sp³-hybridized carbons (Fsp3) is 0.536. The molecule has 3 saturated heterocycles. The number of hydrogen-bond donors (Lipinski definition) is 1. The number of likely N-dealkylation sites (tertiary alicyclic amines) is 1. The predicted octanol–water partition coefficient (Wildman–Crippen LogP) is 2.39. The van der Waals surface area contributed by atoms with Gasteiger partial charge in [-0.1, -0.05) is 29.5 Å². The van der Waals surface area contributed by atoms with Gasteiger partial charge in [0.15, 0.2) is 0 Å². The highest BCUT2D eigenvalue weighted by Gasteiger charge is 2.74. The van der Waals surface area contributed by atoms with Gasteiger partial charge in [-0.25, -0.2) is 4.68 Å². The molecule has 10 nitrogen and oxygen atoms in total. The summed E-state index contributed by atoms with van der Waals surface area (Å²) in [6.07, 6.45) is 6.62. The minimum absolute atomic E-state index is 0.0618. The number of aliphatic hydroxyl groups is 1. The molecule has 11 heteroatoms. The van der Waals surface area contributed by atoms with Crippen LogP contribution in [-0.4, -0.2) is 90.0 Å². The topological polar surface area (TPSA) is 118 Å². The molecule has 2 bridgehead atoms. The molecular weight excluding hydrogens is 518 g/mol. The van der Waals surface area contributed by atoms with E-state index in [-0.39, 0.29) is 56.0 Å². The minimum Gasteiger partial charge on any atom is -0.465 e. The molecule has 0 radical (unpaired) electrons. The highest BCUT2D eigenvalue weighted by atomic mass is 32.2. The number of nitrogens with zero attached hydrogens (tertiary/aromatic N) is 5. The summed E-state index contributed by atoms with van der Waals surface area (Å²) in [6.45, 7) is 8.37. The number of rotatable bonds is 13. The molecule has 0 saturated carbocycles. The number of amides is 2. The van der Waals surface area contributed by atoms with Crippen LogP contribution >= 0.6 is 11.8 Å². The summed E-state index contributed by atoms with van der Waals surface area (Å²) in [4.78, 5) is 44.8. The molecule has 1 spiro atoms. The van der Waals surface area contributed by atoms with Crippen LogP contribution < -0.4 is 0 Å². The zero-order chi connectivity index (χ0) is 27.6. The van der Waals surface area contributed by atoms with Gasteiger partial charge >= 0.3 is 5.97 Å². The van der Waals surface area contributed by atoms with Gasteiger partial charge in [-0.3, -0.25) is 14.4 Å². The Morgan fingerprint density at radius 3 is 2.85 bits per heavy atom. The number of carbonyl (C=O) groups excluding carboxylic acids is 3. The second kappa shape index (κ2) is 11.5. The normalized spacial score (nSPS) is 27.1. The van der Waals surface area contributed by atoms with Crippen LogP contribution in [0.15, 0.2) is 49.6 Å². The molecule has 3 aliphatic rings.